The van der Waals surface area contributed by atoms with E-state index in [0.29, 0.717) is 53.3 Å². The number of piperazine rings is 1. The summed E-state index contributed by atoms with van der Waals surface area (Å²) in [6, 6.07) is 15.0. The van der Waals surface area contributed by atoms with Crippen molar-refractivity contribution in [2.45, 2.75) is 25.7 Å². The molecule has 6 rings (SSSR count). The number of rotatable bonds is 12. The van der Waals surface area contributed by atoms with Crippen LogP contribution in [-0.2, 0) is 4.79 Å². The number of amidine groups is 1. The highest BCUT2D eigenvalue weighted by Gasteiger charge is 2.48. The van der Waals surface area contributed by atoms with Crippen molar-refractivity contribution < 1.29 is 27.8 Å². The van der Waals surface area contributed by atoms with Crippen molar-refractivity contribution in [2.75, 3.05) is 58.8 Å². The van der Waals surface area contributed by atoms with Crippen LogP contribution in [0, 0.1) is 17.0 Å². The van der Waals surface area contributed by atoms with Gasteiger partial charge in [-0.05, 0) is 74.8 Å². The highest BCUT2D eigenvalue weighted by atomic mass is 19.1. The summed E-state index contributed by atoms with van der Waals surface area (Å²) in [6.07, 6.45) is 4.27. The maximum Gasteiger partial charge on any atom is 0.238 e. The first-order chi connectivity index (χ1) is 23.2. The zero-order valence-corrected chi connectivity index (χ0v) is 27.2. The average molecular weight is 659 g/mol. The third kappa shape index (κ3) is 7.34. The highest BCUT2D eigenvalue weighted by Crippen LogP contribution is 2.43. The van der Waals surface area contributed by atoms with Gasteiger partial charge >= 0.3 is 0 Å². The molecule has 12 heteroatoms. The number of fused-ring (bicyclic) bond motifs is 1. The molecule has 3 aromatic carbocycles. The van der Waals surface area contributed by atoms with Crippen LogP contribution in [0.4, 0.5) is 20.2 Å². The van der Waals surface area contributed by atoms with Crippen molar-refractivity contribution in [1.29, 1.82) is 0 Å². The number of carbonyl (C=O) groups is 1. The van der Waals surface area contributed by atoms with Crippen molar-refractivity contribution in [3.05, 3.63) is 78.5 Å². The van der Waals surface area contributed by atoms with Gasteiger partial charge in [-0.1, -0.05) is 6.42 Å². The fraction of sp³-hybridized carbons (Fsp3) is 0.361. The number of nitrogens with two attached hydrogens (primary N) is 1. The van der Waals surface area contributed by atoms with Crippen LogP contribution in [0.25, 0.3) is 10.9 Å². The number of carbonyl (C=O) groups excluding carboxylic acids is 1. The predicted octanol–water partition coefficient (Wildman–Crippen LogP) is 6.13. The van der Waals surface area contributed by atoms with Crippen LogP contribution in [0.15, 0.2) is 71.9 Å². The Bertz CT molecular complexity index is 1790. The second kappa shape index (κ2) is 14.5. The number of nitrogens with zero attached hydrogens (tertiary/aromatic N) is 4. The summed E-state index contributed by atoms with van der Waals surface area (Å²) in [7, 11) is 3.71. The number of hydrogen-bond donors (Lipinski definition) is 2. The van der Waals surface area contributed by atoms with Gasteiger partial charge in [-0.2, -0.15) is 0 Å². The largest absolute Gasteiger partial charge is 0.493 e. The molecule has 2 fully saturated rings. The molecule has 2 aliphatic rings. The summed E-state index contributed by atoms with van der Waals surface area (Å²) in [4.78, 5) is 26.9. The number of benzene rings is 3. The van der Waals surface area contributed by atoms with Gasteiger partial charge < -0.3 is 35.1 Å². The molecule has 1 saturated heterocycles. The van der Waals surface area contributed by atoms with Gasteiger partial charge in [0.25, 0.3) is 0 Å². The van der Waals surface area contributed by atoms with Crippen molar-refractivity contribution in [3.8, 4) is 23.0 Å². The molecule has 1 aliphatic carbocycles. The smallest absolute Gasteiger partial charge is 0.238 e. The summed E-state index contributed by atoms with van der Waals surface area (Å²) in [6.45, 7) is 5.78. The fourth-order valence-electron chi connectivity index (χ4n) is 5.95. The van der Waals surface area contributed by atoms with E-state index in [2.05, 4.69) is 32.1 Å². The lowest BCUT2D eigenvalue weighted by atomic mass is 9.67. The summed E-state index contributed by atoms with van der Waals surface area (Å²) < 4.78 is 46.4. The Balaban J connectivity index is 1.13. The van der Waals surface area contributed by atoms with Gasteiger partial charge in [-0.15, -0.1) is 0 Å². The summed E-state index contributed by atoms with van der Waals surface area (Å²) in [5.74, 6) is 0.173. The third-order valence-corrected chi connectivity index (χ3v) is 9.08. The van der Waals surface area contributed by atoms with E-state index in [9.17, 15) is 9.18 Å². The number of nitrogens with one attached hydrogen (secondary N) is 1. The molecular formula is C36H40F2N6O4. The van der Waals surface area contributed by atoms with Crippen LogP contribution in [0.3, 0.4) is 0 Å². The lowest BCUT2D eigenvalue weighted by molar-refractivity contribution is -0.125. The van der Waals surface area contributed by atoms with E-state index in [4.69, 9.17) is 19.9 Å². The molecule has 0 unspecified atom stereocenters. The number of ether oxygens (including phenoxy) is 3. The number of methoxy groups -OCH3 is 1. The molecule has 48 heavy (non-hydrogen) atoms. The van der Waals surface area contributed by atoms with E-state index in [-0.39, 0.29) is 23.2 Å². The van der Waals surface area contributed by atoms with Crippen molar-refractivity contribution in [1.82, 2.24) is 14.8 Å². The van der Waals surface area contributed by atoms with Crippen LogP contribution < -0.4 is 25.3 Å². The van der Waals surface area contributed by atoms with E-state index in [1.807, 2.05) is 0 Å². The first-order valence-electron chi connectivity index (χ1n) is 16.1. The van der Waals surface area contributed by atoms with Crippen molar-refractivity contribution >= 4 is 34.0 Å². The molecule has 252 valence electrons. The zero-order valence-electron chi connectivity index (χ0n) is 27.2. The Kier molecular flexibility index (Phi) is 10.0. The maximum atomic E-state index is 15.4. The molecule has 10 nitrogen and oxygen atoms in total. The molecule has 1 aliphatic heterocycles. The second-order valence-corrected chi connectivity index (χ2v) is 12.3. The minimum atomic E-state index is -1.03. The summed E-state index contributed by atoms with van der Waals surface area (Å²) in [5, 5.41) is 3.42. The Morgan fingerprint density at radius 2 is 1.75 bits per heavy atom. The van der Waals surface area contributed by atoms with Crippen LogP contribution in [0.5, 0.6) is 23.0 Å². The van der Waals surface area contributed by atoms with Crippen LogP contribution >= 0.6 is 0 Å². The lowest BCUT2D eigenvalue weighted by Gasteiger charge is -2.39. The quantitative estimate of drug-likeness (QED) is 0.106. The van der Waals surface area contributed by atoms with Gasteiger partial charge in [0.15, 0.2) is 23.1 Å². The maximum absolute atomic E-state index is 15.4. The summed E-state index contributed by atoms with van der Waals surface area (Å²) >= 11 is 0. The number of anilines is 1. The molecule has 0 spiro atoms. The first-order valence-corrected chi connectivity index (χ1v) is 16.1. The van der Waals surface area contributed by atoms with Gasteiger partial charge in [-0.25, -0.2) is 13.8 Å². The van der Waals surface area contributed by atoms with Crippen LogP contribution in [0.2, 0.25) is 0 Å². The van der Waals surface area contributed by atoms with E-state index in [1.165, 1.54) is 36.4 Å². The average Bonchev–Trinajstić information content (AvgIpc) is 3.05. The van der Waals surface area contributed by atoms with Crippen molar-refractivity contribution in [2.24, 2.45) is 16.1 Å². The Labute approximate surface area is 278 Å². The van der Waals surface area contributed by atoms with Gasteiger partial charge in [0.2, 0.25) is 5.91 Å². The topological polar surface area (TPSA) is 115 Å². The monoisotopic (exact) mass is 658 g/mol. The third-order valence-electron chi connectivity index (χ3n) is 9.08. The molecule has 0 radical (unpaired) electrons. The molecule has 1 saturated carbocycles. The lowest BCUT2D eigenvalue weighted by Crippen LogP contribution is -2.51. The van der Waals surface area contributed by atoms with Crippen LogP contribution in [-0.4, -0.2) is 80.0 Å². The van der Waals surface area contributed by atoms with Gasteiger partial charge in [0.1, 0.15) is 22.8 Å². The molecule has 0 bridgehead atoms. The highest BCUT2D eigenvalue weighted by molar-refractivity contribution is 6.13. The number of pyridine rings is 1. The zero-order chi connectivity index (χ0) is 33.7. The summed E-state index contributed by atoms with van der Waals surface area (Å²) in [5.41, 5.74) is 6.64. The molecule has 1 amide bonds. The number of amides is 1. The van der Waals surface area contributed by atoms with E-state index in [0.717, 1.165) is 45.6 Å². The fourth-order valence-corrected chi connectivity index (χ4v) is 5.95. The van der Waals surface area contributed by atoms with Crippen molar-refractivity contribution in [3.63, 3.8) is 0 Å². The second-order valence-electron chi connectivity index (χ2n) is 12.3. The van der Waals surface area contributed by atoms with Gasteiger partial charge in [0, 0.05) is 62.1 Å². The molecule has 2 heterocycles. The van der Waals surface area contributed by atoms with Gasteiger partial charge in [0.05, 0.1) is 24.9 Å². The standard InChI is InChI=1S/C36H40F2N6O4/c1-43-16-18-44(19-17-43)15-4-20-47-33-23-29-27(22-32(33)46-2)30(11-14-40-29)48-31-10-9-26(21-28(31)38)41-34(39)36(12-3-13-36)35(45)42-25-7-5-24(37)6-8-25/h5-11,14,21-23H,3-4,12-13,15-20H2,1-2H3,(H2,39,41)(H,42,45). The minimum absolute atomic E-state index is 0.0179. The van der Waals surface area contributed by atoms with E-state index >= 15 is 4.39 Å². The number of likely N-dealkylation sites (N-methyl/N-ethyl adjacent to an activating group) is 1. The Morgan fingerprint density at radius 3 is 2.44 bits per heavy atom. The molecular weight excluding hydrogens is 618 g/mol. The SMILES string of the molecule is COc1cc2c(Oc3ccc(N=C(N)C4(C(=O)Nc5ccc(F)cc5)CCC4)cc3F)ccnc2cc1OCCCN1CCN(C)CC1. The molecule has 1 aromatic heterocycles. The minimum Gasteiger partial charge on any atom is -0.493 e. The van der Waals surface area contributed by atoms with E-state index < -0.39 is 17.0 Å². The normalized spacial score (nSPS) is 16.7. The molecule has 3 N–H and O–H groups in total. The Morgan fingerprint density at radius 1 is 0.979 bits per heavy atom. The van der Waals surface area contributed by atoms with E-state index in [1.54, 1.807) is 37.6 Å². The number of aromatic nitrogens is 1. The molecule has 4 aromatic rings. The number of halogens is 2. The number of hydrogen-bond acceptors (Lipinski definition) is 8. The first kappa shape index (κ1) is 33.1. The molecule has 0 atom stereocenters. The number of aliphatic imine (C=N–C) groups is 1. The predicted molar refractivity (Wildman–Crippen MR) is 181 cm³/mol. The Hall–Kier alpha value is -4.81. The van der Waals surface area contributed by atoms with Crippen LogP contribution in [0.1, 0.15) is 25.7 Å². The van der Waals surface area contributed by atoms with Gasteiger partial charge in [-0.3, -0.25) is 9.78 Å².